The Kier molecular flexibility index (Phi) is 4.33. The van der Waals surface area contributed by atoms with Gasteiger partial charge in [-0.3, -0.25) is 10.00 Å². The summed E-state index contributed by atoms with van der Waals surface area (Å²) < 4.78 is 0. The molecule has 1 saturated heterocycles. The largest absolute Gasteiger partial charge is 0.478 e. The second-order valence-electron chi connectivity index (χ2n) is 6.11. The number of aromatic nitrogens is 3. The van der Waals surface area contributed by atoms with Gasteiger partial charge < -0.3 is 5.11 Å². The number of likely N-dealkylation sites (tertiary alicyclic amines) is 1. The summed E-state index contributed by atoms with van der Waals surface area (Å²) in [5, 5.41) is 17.5. The van der Waals surface area contributed by atoms with Gasteiger partial charge in [-0.25, -0.2) is 9.78 Å². The zero-order chi connectivity index (χ0) is 17.2. The maximum absolute atomic E-state index is 11.4. The van der Waals surface area contributed by atoms with Gasteiger partial charge in [0.25, 0.3) is 0 Å². The summed E-state index contributed by atoms with van der Waals surface area (Å²) in [6.45, 7) is 1.80. The first kappa shape index (κ1) is 16.0. The van der Waals surface area contributed by atoms with E-state index in [9.17, 15) is 9.90 Å². The highest BCUT2D eigenvalue weighted by molar-refractivity contribution is 7.15. The number of aromatic carboxylic acids is 1. The second-order valence-corrected chi connectivity index (χ2v) is 7.22. The third-order valence-electron chi connectivity index (χ3n) is 4.56. The Bertz CT molecular complexity index is 875. The molecule has 2 aromatic heterocycles. The number of carboxylic acids is 1. The fraction of sp³-hybridized carbons (Fsp3) is 0.278. The van der Waals surface area contributed by atoms with Crippen LogP contribution in [0.2, 0.25) is 0 Å². The zero-order valence-corrected chi connectivity index (χ0v) is 14.4. The van der Waals surface area contributed by atoms with Gasteiger partial charge >= 0.3 is 5.97 Å². The Morgan fingerprint density at radius 1 is 1.36 bits per heavy atom. The van der Waals surface area contributed by atoms with Crippen LogP contribution >= 0.6 is 11.3 Å². The molecule has 4 rings (SSSR count). The van der Waals surface area contributed by atoms with E-state index in [2.05, 4.69) is 20.1 Å². The van der Waals surface area contributed by atoms with Gasteiger partial charge in [0.05, 0.1) is 28.7 Å². The van der Waals surface area contributed by atoms with Crippen molar-refractivity contribution in [1.29, 1.82) is 0 Å². The fourth-order valence-electron chi connectivity index (χ4n) is 3.39. The Morgan fingerprint density at radius 3 is 3.04 bits per heavy atom. The maximum Gasteiger partial charge on any atom is 0.336 e. The van der Waals surface area contributed by atoms with Crippen LogP contribution < -0.4 is 0 Å². The van der Waals surface area contributed by atoms with Crippen LogP contribution in [0.25, 0.3) is 10.4 Å². The summed E-state index contributed by atoms with van der Waals surface area (Å²) in [6.07, 6.45) is 5.84. The molecule has 0 aliphatic carbocycles. The lowest BCUT2D eigenvalue weighted by molar-refractivity contribution is 0.0698. The van der Waals surface area contributed by atoms with Crippen molar-refractivity contribution in [1.82, 2.24) is 20.1 Å². The Morgan fingerprint density at radius 2 is 2.24 bits per heavy atom. The molecule has 128 valence electrons. The summed E-state index contributed by atoms with van der Waals surface area (Å²) in [5.74, 6) is -0.913. The van der Waals surface area contributed by atoms with Crippen LogP contribution in [-0.2, 0) is 6.54 Å². The maximum atomic E-state index is 11.4. The molecule has 0 amide bonds. The molecule has 0 radical (unpaired) electrons. The summed E-state index contributed by atoms with van der Waals surface area (Å²) in [4.78, 5) is 19.2. The van der Waals surface area contributed by atoms with Crippen molar-refractivity contribution in [3.8, 4) is 10.4 Å². The van der Waals surface area contributed by atoms with Gasteiger partial charge in [-0.2, -0.15) is 5.10 Å². The number of hydrogen-bond acceptors (Lipinski definition) is 5. The highest BCUT2D eigenvalue weighted by atomic mass is 32.1. The van der Waals surface area contributed by atoms with E-state index in [0.29, 0.717) is 11.6 Å². The molecule has 1 atom stereocenters. The molecular formula is C18H18N4O2S. The molecule has 25 heavy (non-hydrogen) atoms. The lowest BCUT2D eigenvalue weighted by Gasteiger charge is -2.22. The van der Waals surface area contributed by atoms with Gasteiger partial charge in [0.2, 0.25) is 0 Å². The molecule has 3 heterocycles. The third kappa shape index (κ3) is 3.20. The Labute approximate surface area is 149 Å². The van der Waals surface area contributed by atoms with Crippen LogP contribution in [0.1, 0.15) is 39.9 Å². The predicted octanol–water partition coefficient (Wildman–Crippen LogP) is 3.57. The molecule has 1 aliphatic heterocycles. The normalized spacial score (nSPS) is 17.8. The lowest BCUT2D eigenvalue weighted by Crippen LogP contribution is -2.22. The average molecular weight is 354 g/mol. The molecule has 6 nitrogen and oxygen atoms in total. The summed E-state index contributed by atoms with van der Waals surface area (Å²) >= 11 is 1.56. The number of carbonyl (C=O) groups is 1. The van der Waals surface area contributed by atoms with E-state index in [0.717, 1.165) is 47.1 Å². The van der Waals surface area contributed by atoms with Gasteiger partial charge in [-0.15, -0.1) is 11.3 Å². The first-order chi connectivity index (χ1) is 12.2. The first-order valence-corrected chi connectivity index (χ1v) is 9.05. The molecule has 2 N–H and O–H groups in total. The van der Waals surface area contributed by atoms with E-state index < -0.39 is 5.97 Å². The number of thiazole rings is 1. The zero-order valence-electron chi connectivity index (χ0n) is 13.6. The number of aromatic amines is 1. The van der Waals surface area contributed by atoms with Crippen LogP contribution in [-0.4, -0.2) is 37.7 Å². The van der Waals surface area contributed by atoms with Crippen molar-refractivity contribution >= 4 is 17.3 Å². The lowest BCUT2D eigenvalue weighted by atomic mass is 10.1. The number of nitrogens with one attached hydrogen (secondary N) is 1. The number of rotatable bonds is 5. The van der Waals surface area contributed by atoms with Gasteiger partial charge in [-0.05, 0) is 31.5 Å². The SMILES string of the molecule is O=C(O)c1ccccc1-c1cnc(CN2CCCC2c2ccn[nH]2)s1. The van der Waals surface area contributed by atoms with Crippen LogP contribution in [0, 0.1) is 0 Å². The van der Waals surface area contributed by atoms with Gasteiger partial charge in [-0.1, -0.05) is 18.2 Å². The van der Waals surface area contributed by atoms with Gasteiger partial charge in [0.1, 0.15) is 5.01 Å². The van der Waals surface area contributed by atoms with Crippen molar-refractivity contribution in [3.63, 3.8) is 0 Å². The summed E-state index contributed by atoms with van der Waals surface area (Å²) in [6, 6.07) is 9.44. The molecule has 0 saturated carbocycles. The van der Waals surface area contributed by atoms with Crippen LogP contribution in [0.4, 0.5) is 0 Å². The van der Waals surface area contributed by atoms with Crippen LogP contribution in [0.3, 0.4) is 0 Å². The Balaban J connectivity index is 1.55. The van der Waals surface area contributed by atoms with E-state index >= 15 is 0 Å². The number of hydrogen-bond donors (Lipinski definition) is 2. The van der Waals surface area contributed by atoms with Crippen LogP contribution in [0.5, 0.6) is 0 Å². The molecule has 1 unspecified atom stereocenters. The monoisotopic (exact) mass is 354 g/mol. The summed E-state index contributed by atoms with van der Waals surface area (Å²) in [7, 11) is 0. The minimum Gasteiger partial charge on any atom is -0.478 e. The van der Waals surface area contributed by atoms with Crippen molar-refractivity contribution in [2.75, 3.05) is 6.54 Å². The number of nitrogens with zero attached hydrogens (tertiary/aromatic N) is 3. The Hall–Kier alpha value is -2.51. The van der Waals surface area contributed by atoms with E-state index in [4.69, 9.17) is 0 Å². The fourth-order valence-corrected chi connectivity index (χ4v) is 4.37. The van der Waals surface area contributed by atoms with Crippen molar-refractivity contribution in [3.05, 3.63) is 59.0 Å². The van der Waals surface area contributed by atoms with Crippen molar-refractivity contribution < 1.29 is 9.90 Å². The second kappa shape index (κ2) is 6.78. The molecule has 1 aromatic carbocycles. The van der Waals surface area contributed by atoms with Crippen LogP contribution in [0.15, 0.2) is 42.7 Å². The topological polar surface area (TPSA) is 82.1 Å². The minimum atomic E-state index is -0.913. The quantitative estimate of drug-likeness (QED) is 0.732. The van der Waals surface area contributed by atoms with E-state index in [1.165, 1.54) is 0 Å². The number of benzene rings is 1. The van der Waals surface area contributed by atoms with E-state index in [1.54, 1.807) is 35.9 Å². The predicted molar refractivity (Wildman–Crippen MR) is 95.5 cm³/mol. The standard InChI is InChI=1S/C18H18N4O2S/c23-18(24)13-5-2-1-4-12(13)16-10-19-17(25-16)11-22-9-3-6-15(22)14-7-8-20-21-14/h1-2,4-5,7-8,10,15H,3,6,9,11H2,(H,20,21)(H,23,24). The molecule has 0 spiro atoms. The first-order valence-electron chi connectivity index (χ1n) is 8.23. The average Bonchev–Trinajstić information content (AvgIpc) is 3.36. The van der Waals surface area contributed by atoms with E-state index in [1.807, 2.05) is 18.2 Å². The molecule has 0 bridgehead atoms. The number of H-pyrrole nitrogens is 1. The van der Waals surface area contributed by atoms with Crippen molar-refractivity contribution in [2.24, 2.45) is 0 Å². The minimum absolute atomic E-state index is 0.314. The molecule has 1 fully saturated rings. The third-order valence-corrected chi connectivity index (χ3v) is 5.58. The highest BCUT2D eigenvalue weighted by Crippen LogP contribution is 2.34. The van der Waals surface area contributed by atoms with Gasteiger partial charge in [0.15, 0.2) is 0 Å². The van der Waals surface area contributed by atoms with E-state index in [-0.39, 0.29) is 0 Å². The molecule has 7 heteroatoms. The highest BCUT2D eigenvalue weighted by Gasteiger charge is 2.27. The summed E-state index contributed by atoms with van der Waals surface area (Å²) in [5.41, 5.74) is 2.19. The molecule has 1 aliphatic rings. The van der Waals surface area contributed by atoms with Crippen molar-refractivity contribution in [2.45, 2.75) is 25.4 Å². The van der Waals surface area contributed by atoms with Gasteiger partial charge in [0, 0.05) is 18.0 Å². The molecular weight excluding hydrogens is 336 g/mol. The molecule has 3 aromatic rings. The smallest absolute Gasteiger partial charge is 0.336 e. The number of carboxylic acid groups (broad SMARTS) is 1.